The molecule has 0 radical (unpaired) electrons. The zero-order chi connectivity index (χ0) is 16.2. The van der Waals surface area contributed by atoms with Gasteiger partial charge in [-0.15, -0.1) is 0 Å². The van der Waals surface area contributed by atoms with Gasteiger partial charge in [0, 0.05) is 38.4 Å². The highest BCUT2D eigenvalue weighted by Gasteiger charge is 2.06. The van der Waals surface area contributed by atoms with E-state index in [1.165, 1.54) is 0 Å². The molecule has 0 aliphatic carbocycles. The Bertz CT molecular complexity index is 452. The van der Waals surface area contributed by atoms with Crippen LogP contribution in [0, 0.1) is 0 Å². The number of nitrogens with one attached hydrogen (secondary N) is 2. The maximum Gasteiger partial charge on any atom is 0.315 e. The molecule has 0 aromatic heterocycles. The van der Waals surface area contributed by atoms with Crippen molar-refractivity contribution >= 4 is 6.03 Å². The van der Waals surface area contributed by atoms with Crippen molar-refractivity contribution in [1.82, 2.24) is 10.6 Å². The first-order valence-electron chi connectivity index (χ1n) is 7.42. The number of methoxy groups -OCH3 is 3. The molecular weight excluding hydrogens is 284 g/mol. The summed E-state index contributed by atoms with van der Waals surface area (Å²) in [5.41, 5.74) is 0.901. The Hall–Kier alpha value is -1.95. The van der Waals surface area contributed by atoms with Crippen LogP contribution in [0.15, 0.2) is 18.2 Å². The van der Waals surface area contributed by atoms with Crippen molar-refractivity contribution in [3.63, 3.8) is 0 Å². The van der Waals surface area contributed by atoms with Gasteiger partial charge in [-0.05, 0) is 31.4 Å². The van der Waals surface area contributed by atoms with Crippen molar-refractivity contribution < 1.29 is 19.0 Å². The molecule has 1 rings (SSSR count). The third-order valence-corrected chi connectivity index (χ3v) is 3.24. The summed E-state index contributed by atoms with van der Waals surface area (Å²) in [6.45, 7) is 1.83. The highest BCUT2D eigenvalue weighted by Crippen LogP contribution is 2.24. The van der Waals surface area contributed by atoms with Crippen LogP contribution in [0.1, 0.15) is 24.8 Å². The summed E-state index contributed by atoms with van der Waals surface area (Å²) in [5.74, 6) is 1.42. The van der Waals surface area contributed by atoms with E-state index in [2.05, 4.69) is 10.6 Å². The minimum absolute atomic E-state index is 0.176. The van der Waals surface area contributed by atoms with Crippen molar-refractivity contribution in [2.24, 2.45) is 0 Å². The molecule has 0 atom stereocenters. The molecule has 2 N–H and O–H groups in total. The van der Waals surface area contributed by atoms with Gasteiger partial charge in [-0.25, -0.2) is 4.79 Å². The summed E-state index contributed by atoms with van der Waals surface area (Å²) in [6, 6.07) is 5.34. The topological polar surface area (TPSA) is 68.8 Å². The van der Waals surface area contributed by atoms with Crippen LogP contribution in [0.4, 0.5) is 4.79 Å². The van der Waals surface area contributed by atoms with E-state index >= 15 is 0 Å². The summed E-state index contributed by atoms with van der Waals surface area (Å²) >= 11 is 0. The second kappa shape index (κ2) is 10.7. The quantitative estimate of drug-likeness (QED) is 0.651. The lowest BCUT2D eigenvalue weighted by Gasteiger charge is -2.12. The molecule has 2 amide bonds. The van der Waals surface area contributed by atoms with Crippen molar-refractivity contribution in [2.75, 3.05) is 34.5 Å². The van der Waals surface area contributed by atoms with Gasteiger partial charge >= 0.3 is 6.03 Å². The average molecular weight is 310 g/mol. The van der Waals surface area contributed by atoms with E-state index in [1.807, 2.05) is 12.1 Å². The maximum atomic E-state index is 11.7. The van der Waals surface area contributed by atoms with Crippen LogP contribution in [0.3, 0.4) is 0 Å². The Labute approximate surface area is 132 Å². The van der Waals surface area contributed by atoms with E-state index < -0.39 is 0 Å². The lowest BCUT2D eigenvalue weighted by atomic mass is 10.2. The SMILES string of the molecule is COCCCCCNC(=O)NCc1ccc(OC)cc1OC. The van der Waals surface area contributed by atoms with Gasteiger partial charge in [0.15, 0.2) is 0 Å². The number of ether oxygens (including phenoxy) is 3. The smallest absolute Gasteiger partial charge is 0.315 e. The molecule has 0 heterocycles. The predicted molar refractivity (Wildman–Crippen MR) is 85.5 cm³/mol. The number of benzene rings is 1. The van der Waals surface area contributed by atoms with Gasteiger partial charge in [0.2, 0.25) is 0 Å². The van der Waals surface area contributed by atoms with Crippen LogP contribution < -0.4 is 20.1 Å². The molecule has 0 spiro atoms. The zero-order valence-electron chi connectivity index (χ0n) is 13.6. The molecule has 6 nitrogen and oxygen atoms in total. The number of rotatable bonds is 10. The number of unbranched alkanes of at least 4 members (excludes halogenated alkanes) is 2. The van der Waals surface area contributed by atoms with Gasteiger partial charge in [-0.3, -0.25) is 0 Å². The van der Waals surface area contributed by atoms with Gasteiger partial charge in [0.05, 0.1) is 14.2 Å². The van der Waals surface area contributed by atoms with Crippen LogP contribution in [0.2, 0.25) is 0 Å². The fourth-order valence-electron chi connectivity index (χ4n) is 1.99. The number of hydrogen-bond donors (Lipinski definition) is 2. The van der Waals surface area contributed by atoms with E-state index in [0.29, 0.717) is 18.8 Å². The van der Waals surface area contributed by atoms with Gasteiger partial charge in [-0.2, -0.15) is 0 Å². The highest BCUT2D eigenvalue weighted by molar-refractivity contribution is 5.73. The van der Waals surface area contributed by atoms with Gasteiger partial charge in [0.25, 0.3) is 0 Å². The Morgan fingerprint density at radius 2 is 1.86 bits per heavy atom. The lowest BCUT2D eigenvalue weighted by molar-refractivity contribution is 0.192. The fourth-order valence-corrected chi connectivity index (χ4v) is 1.99. The summed E-state index contributed by atoms with van der Waals surface area (Å²) in [6.07, 6.45) is 3.01. The third kappa shape index (κ3) is 6.67. The van der Waals surface area contributed by atoms with Gasteiger partial charge < -0.3 is 24.8 Å². The molecule has 0 fully saturated rings. The molecule has 22 heavy (non-hydrogen) atoms. The number of urea groups is 1. The third-order valence-electron chi connectivity index (χ3n) is 3.24. The largest absolute Gasteiger partial charge is 0.497 e. The molecule has 0 saturated heterocycles. The number of carbonyl (C=O) groups excluding carboxylic acids is 1. The minimum Gasteiger partial charge on any atom is -0.497 e. The van der Waals surface area contributed by atoms with Crippen molar-refractivity contribution in [3.05, 3.63) is 23.8 Å². The van der Waals surface area contributed by atoms with Crippen LogP contribution >= 0.6 is 0 Å². The Kier molecular flexibility index (Phi) is 8.83. The summed E-state index contributed by atoms with van der Waals surface area (Å²) < 4.78 is 15.4. The fraction of sp³-hybridized carbons (Fsp3) is 0.562. The zero-order valence-corrected chi connectivity index (χ0v) is 13.6. The number of carbonyl (C=O) groups is 1. The highest BCUT2D eigenvalue weighted by atomic mass is 16.5. The molecule has 0 unspecified atom stereocenters. The van der Waals surface area contributed by atoms with Crippen LogP contribution in [0.5, 0.6) is 11.5 Å². The van der Waals surface area contributed by atoms with E-state index in [4.69, 9.17) is 14.2 Å². The second-order valence-corrected chi connectivity index (χ2v) is 4.84. The van der Waals surface area contributed by atoms with Gasteiger partial charge in [0.1, 0.15) is 11.5 Å². The molecule has 124 valence electrons. The molecule has 1 aromatic carbocycles. The average Bonchev–Trinajstić information content (AvgIpc) is 2.55. The van der Waals surface area contributed by atoms with Crippen LogP contribution in [-0.2, 0) is 11.3 Å². The number of hydrogen-bond acceptors (Lipinski definition) is 4. The Balaban J connectivity index is 2.29. The first-order chi connectivity index (χ1) is 10.7. The van der Waals surface area contributed by atoms with E-state index in [9.17, 15) is 4.79 Å². The molecule has 0 saturated carbocycles. The molecule has 0 aliphatic heterocycles. The molecule has 6 heteroatoms. The van der Waals surface area contributed by atoms with E-state index in [-0.39, 0.29) is 6.03 Å². The van der Waals surface area contributed by atoms with Crippen molar-refractivity contribution in [1.29, 1.82) is 0 Å². The minimum atomic E-state index is -0.176. The molecular formula is C16H26N2O4. The standard InChI is InChI=1S/C16H26N2O4/c1-20-10-6-4-5-9-17-16(19)18-12-13-7-8-14(21-2)11-15(13)22-3/h7-8,11H,4-6,9-10,12H2,1-3H3,(H2,17,18,19). The first kappa shape index (κ1) is 18.1. The summed E-state index contributed by atoms with van der Waals surface area (Å²) in [4.78, 5) is 11.7. The normalized spacial score (nSPS) is 10.1. The van der Waals surface area contributed by atoms with E-state index in [1.54, 1.807) is 27.4 Å². The maximum absolute atomic E-state index is 11.7. The van der Waals surface area contributed by atoms with Crippen LogP contribution in [0.25, 0.3) is 0 Å². The monoisotopic (exact) mass is 310 g/mol. The van der Waals surface area contributed by atoms with Crippen molar-refractivity contribution in [3.8, 4) is 11.5 Å². The second-order valence-electron chi connectivity index (χ2n) is 4.84. The molecule has 0 bridgehead atoms. The van der Waals surface area contributed by atoms with E-state index in [0.717, 1.165) is 37.2 Å². The predicted octanol–water partition coefficient (Wildman–Crippen LogP) is 2.32. The van der Waals surface area contributed by atoms with Gasteiger partial charge in [-0.1, -0.05) is 0 Å². The molecule has 0 aliphatic rings. The summed E-state index contributed by atoms with van der Waals surface area (Å²) in [5, 5.41) is 5.65. The van der Waals surface area contributed by atoms with Crippen LogP contribution in [-0.4, -0.2) is 40.5 Å². The first-order valence-corrected chi connectivity index (χ1v) is 7.42. The Morgan fingerprint density at radius 3 is 2.55 bits per heavy atom. The Morgan fingerprint density at radius 1 is 1.05 bits per heavy atom. The van der Waals surface area contributed by atoms with Crippen molar-refractivity contribution in [2.45, 2.75) is 25.8 Å². The lowest BCUT2D eigenvalue weighted by Crippen LogP contribution is -2.35. The summed E-state index contributed by atoms with van der Waals surface area (Å²) in [7, 11) is 4.89. The number of amides is 2. The molecule has 1 aromatic rings.